The molecule has 12 nitrogen and oxygen atoms in total. The Morgan fingerprint density at radius 2 is 1.78 bits per heavy atom. The molecule has 0 saturated carbocycles. The molecule has 7 rings (SSSR count). The monoisotopic (exact) mass is 689 g/mol. The van der Waals surface area contributed by atoms with Gasteiger partial charge in [-0.25, -0.2) is 9.97 Å². The van der Waals surface area contributed by atoms with E-state index < -0.39 is 0 Å². The van der Waals surface area contributed by atoms with Gasteiger partial charge in [0.2, 0.25) is 12.3 Å². The number of amides is 2. The molecule has 0 bridgehead atoms. The zero-order valence-electron chi connectivity index (χ0n) is 28.7. The van der Waals surface area contributed by atoms with Crippen LogP contribution in [0, 0.1) is 0 Å². The van der Waals surface area contributed by atoms with Crippen LogP contribution < -0.4 is 10.1 Å². The number of hydrogen-bond donors (Lipinski definition) is 3. The Morgan fingerprint density at radius 1 is 1.02 bits per heavy atom. The van der Waals surface area contributed by atoms with Crippen LogP contribution in [0.3, 0.4) is 0 Å². The first-order chi connectivity index (χ1) is 25.0. The van der Waals surface area contributed by atoms with Crippen molar-refractivity contribution in [3.8, 4) is 28.4 Å². The second-order valence-corrected chi connectivity index (χ2v) is 12.4. The van der Waals surface area contributed by atoms with Crippen molar-refractivity contribution in [3.05, 3.63) is 96.8 Å². The number of anilines is 1. The predicted octanol–water partition coefficient (Wildman–Crippen LogP) is 5.04. The zero-order valence-corrected chi connectivity index (χ0v) is 28.7. The van der Waals surface area contributed by atoms with E-state index in [-0.39, 0.29) is 25.2 Å². The van der Waals surface area contributed by atoms with Gasteiger partial charge in [-0.2, -0.15) is 5.10 Å². The Morgan fingerprint density at radius 3 is 2.49 bits per heavy atom. The largest absolute Gasteiger partial charge is 0.491 e. The molecule has 3 N–H and O–H groups in total. The van der Waals surface area contributed by atoms with Crippen molar-refractivity contribution >= 4 is 34.5 Å². The highest BCUT2D eigenvalue weighted by molar-refractivity contribution is 5.96. The fourth-order valence-corrected chi connectivity index (χ4v) is 6.34. The predicted molar refractivity (Wildman–Crippen MR) is 197 cm³/mol. The summed E-state index contributed by atoms with van der Waals surface area (Å²) >= 11 is 0. The molecule has 0 radical (unpaired) electrons. The van der Waals surface area contributed by atoms with Crippen molar-refractivity contribution in [2.75, 3.05) is 58.4 Å². The smallest absolute Gasteiger partial charge is 0.237 e. The fraction of sp³-hybridized carbons (Fsp3) is 0.308. The van der Waals surface area contributed by atoms with Crippen LogP contribution in [-0.2, 0) is 14.3 Å². The molecule has 2 aliphatic rings. The lowest BCUT2D eigenvalue weighted by molar-refractivity contribution is -0.132. The summed E-state index contributed by atoms with van der Waals surface area (Å²) in [6.07, 6.45) is 9.67. The molecule has 264 valence electrons. The summed E-state index contributed by atoms with van der Waals surface area (Å²) in [6.45, 7) is 4.04. The number of nitrogens with zero attached hydrogens (tertiary/aromatic N) is 5. The average Bonchev–Trinajstić information content (AvgIpc) is 3.61. The van der Waals surface area contributed by atoms with Crippen molar-refractivity contribution in [1.29, 1.82) is 0 Å². The molecule has 1 saturated heterocycles. The number of aromatic nitrogens is 4. The first kappa shape index (κ1) is 35.4. The fourth-order valence-electron chi connectivity index (χ4n) is 6.34. The molecule has 3 aromatic carbocycles. The van der Waals surface area contributed by atoms with Crippen LogP contribution in [0.5, 0.6) is 5.75 Å². The third-order valence-corrected chi connectivity index (χ3v) is 9.07. The summed E-state index contributed by atoms with van der Waals surface area (Å²) in [5.41, 5.74) is 6.87. The van der Waals surface area contributed by atoms with Crippen LogP contribution in [0.25, 0.3) is 39.1 Å². The number of hydrogen-bond acceptors (Lipinski definition) is 9. The Kier molecular flexibility index (Phi) is 12.1. The number of rotatable bonds is 11. The van der Waals surface area contributed by atoms with Crippen LogP contribution in [-0.4, -0.2) is 107 Å². The van der Waals surface area contributed by atoms with Crippen LogP contribution in [0.2, 0.25) is 0 Å². The summed E-state index contributed by atoms with van der Waals surface area (Å²) < 4.78 is 10.8. The molecular formula is C39H43N7O5. The highest BCUT2D eigenvalue weighted by Gasteiger charge is 2.24. The van der Waals surface area contributed by atoms with Gasteiger partial charge in [-0.1, -0.05) is 30.3 Å². The number of benzene rings is 3. The number of carbonyl (C=O) groups excluding carboxylic acids is 2. The number of aliphatic hydroxyl groups excluding tert-OH is 1. The quantitative estimate of drug-likeness (QED) is 0.163. The first-order valence-corrected chi connectivity index (χ1v) is 17.2. The molecule has 51 heavy (non-hydrogen) atoms. The number of aromatic amines is 1. The highest BCUT2D eigenvalue weighted by Crippen LogP contribution is 2.30. The van der Waals surface area contributed by atoms with E-state index in [2.05, 4.69) is 60.7 Å². The van der Waals surface area contributed by atoms with E-state index in [1.807, 2.05) is 53.4 Å². The molecule has 2 aliphatic heterocycles. The summed E-state index contributed by atoms with van der Waals surface area (Å²) in [7, 11) is 1.76. The molecule has 5 aromatic rings. The summed E-state index contributed by atoms with van der Waals surface area (Å²) in [6, 6.07) is 23.2. The third kappa shape index (κ3) is 9.23. The number of ether oxygens (including phenoxy) is 2. The number of H-pyrrole nitrogens is 1. The van der Waals surface area contributed by atoms with Crippen LogP contribution in [0.15, 0.2) is 91.3 Å². The number of piperidine rings is 1. The molecule has 0 aliphatic carbocycles. The normalized spacial score (nSPS) is 16.2. The van der Waals surface area contributed by atoms with E-state index in [4.69, 9.17) is 14.6 Å². The number of fused-ring (bicyclic) bond motifs is 1. The van der Waals surface area contributed by atoms with Gasteiger partial charge in [-0.15, -0.1) is 0 Å². The lowest BCUT2D eigenvalue weighted by Crippen LogP contribution is -2.46. The van der Waals surface area contributed by atoms with E-state index in [1.165, 1.54) is 11.1 Å². The molecule has 0 unspecified atom stereocenters. The van der Waals surface area contributed by atoms with Gasteiger partial charge in [0.05, 0.1) is 30.5 Å². The van der Waals surface area contributed by atoms with E-state index in [9.17, 15) is 9.59 Å². The minimum Gasteiger partial charge on any atom is -0.491 e. The molecule has 2 aromatic heterocycles. The molecule has 0 spiro atoms. The third-order valence-electron chi connectivity index (χ3n) is 9.07. The Hall–Kier alpha value is -5.43. The van der Waals surface area contributed by atoms with Gasteiger partial charge in [0.25, 0.3) is 0 Å². The lowest BCUT2D eigenvalue weighted by Gasteiger charge is -2.34. The number of likely N-dealkylation sites (tertiary alicyclic amines) is 1. The molecule has 12 heteroatoms. The average molecular weight is 690 g/mol. The summed E-state index contributed by atoms with van der Waals surface area (Å²) in [5.74, 6) is 1.65. The van der Waals surface area contributed by atoms with Crippen LogP contribution in [0.4, 0.5) is 5.69 Å². The van der Waals surface area contributed by atoms with Crippen molar-refractivity contribution in [2.24, 2.45) is 0 Å². The Balaban J connectivity index is 0.000000183. The van der Waals surface area contributed by atoms with Gasteiger partial charge in [-0.05, 0) is 85.5 Å². The maximum Gasteiger partial charge on any atom is 0.237 e. The molecule has 2 amide bonds. The maximum atomic E-state index is 12.7. The zero-order chi connectivity index (χ0) is 35.4. The van der Waals surface area contributed by atoms with Gasteiger partial charge in [0.15, 0.2) is 5.82 Å². The molecule has 4 heterocycles. The molecule has 1 atom stereocenters. The second kappa shape index (κ2) is 17.5. The maximum absolute atomic E-state index is 12.7. The van der Waals surface area contributed by atoms with E-state index in [0.29, 0.717) is 30.9 Å². The number of aliphatic hydroxyl groups is 1. The first-order valence-electron chi connectivity index (χ1n) is 17.2. The topological polar surface area (TPSA) is 146 Å². The Labute approximate surface area is 297 Å². The van der Waals surface area contributed by atoms with Crippen molar-refractivity contribution in [2.45, 2.75) is 25.4 Å². The van der Waals surface area contributed by atoms with Crippen molar-refractivity contribution in [1.82, 2.24) is 30.0 Å². The molecule has 1 fully saturated rings. The lowest BCUT2D eigenvalue weighted by atomic mass is 9.98. The van der Waals surface area contributed by atoms with E-state index in [0.717, 1.165) is 72.4 Å². The molecular weight excluding hydrogens is 646 g/mol. The second-order valence-electron chi connectivity index (χ2n) is 12.4. The van der Waals surface area contributed by atoms with E-state index in [1.54, 1.807) is 19.5 Å². The van der Waals surface area contributed by atoms with Crippen molar-refractivity contribution in [3.63, 3.8) is 0 Å². The minimum absolute atomic E-state index is 0.0156. The Bertz CT molecular complexity index is 1910. The van der Waals surface area contributed by atoms with E-state index >= 15 is 0 Å². The standard InChI is InChI=1S/C23H28N4O2.C16H15N3O3/c1-29-21-4-2-13-26(16-21)17-22(28)27-14-9-19(10-15-27)18-5-7-20(8-6-18)23-24-11-3-12-25-23;20-7-8-22-13-4-1-11(2-5-13)16-14-9-12(17-10-21)3-6-15(14)18-19-16/h3,5-9,11-12,21H,2,4,10,13-17H2,1H3;1-6,9-10,20H,7-8H2,(H,17,21)(H,18,19)/t21-;/m0./s1. The van der Waals surface area contributed by atoms with Gasteiger partial charge in [0.1, 0.15) is 12.4 Å². The number of methoxy groups -OCH3 is 1. The summed E-state index contributed by atoms with van der Waals surface area (Å²) in [4.78, 5) is 36.1. The van der Waals surface area contributed by atoms with Gasteiger partial charge in [-0.3, -0.25) is 19.6 Å². The van der Waals surface area contributed by atoms with Gasteiger partial charge in [0, 0.05) is 61.3 Å². The number of carbonyl (C=O) groups is 2. The number of nitrogens with one attached hydrogen (secondary N) is 2. The van der Waals surface area contributed by atoms with Gasteiger partial charge < -0.3 is 24.8 Å². The SMILES string of the molecule is CO[C@H]1CCCN(CC(=O)N2CC=C(c3ccc(-c4ncccn4)cc3)CC2)C1.O=CNc1ccc2[nH]nc(-c3ccc(OCCO)cc3)c2c1. The summed E-state index contributed by atoms with van der Waals surface area (Å²) in [5, 5.41) is 19.6. The highest BCUT2D eigenvalue weighted by atomic mass is 16.5. The van der Waals surface area contributed by atoms with Gasteiger partial charge >= 0.3 is 0 Å². The van der Waals surface area contributed by atoms with Crippen molar-refractivity contribution < 1.29 is 24.2 Å². The minimum atomic E-state index is -0.0156. The van der Waals surface area contributed by atoms with Crippen LogP contribution in [0.1, 0.15) is 24.8 Å². The van der Waals surface area contributed by atoms with Crippen LogP contribution >= 0.6 is 0 Å².